The molecule has 2 saturated carbocycles. The van der Waals surface area contributed by atoms with E-state index in [0.29, 0.717) is 22.0 Å². The maximum absolute atomic E-state index is 12.5. The van der Waals surface area contributed by atoms with Crippen LogP contribution in [0.2, 0.25) is 0 Å². The highest BCUT2D eigenvalue weighted by atomic mass is 32.1. The molecule has 1 aromatic carbocycles. The minimum Gasteiger partial charge on any atom is -0.321 e. The van der Waals surface area contributed by atoms with Crippen molar-refractivity contribution in [2.75, 3.05) is 5.32 Å². The third-order valence-corrected chi connectivity index (χ3v) is 7.82. The number of carbonyl (C=O) groups is 2. The third kappa shape index (κ3) is 3.05. The minimum absolute atomic E-state index is 0.0703. The maximum Gasteiger partial charge on any atom is 0.271 e. The summed E-state index contributed by atoms with van der Waals surface area (Å²) in [4.78, 5) is 25.2. The molecule has 0 saturated heterocycles. The van der Waals surface area contributed by atoms with E-state index in [4.69, 9.17) is 0 Å². The highest BCUT2D eigenvalue weighted by Crippen LogP contribution is 2.63. The number of nitrogens with one attached hydrogen (secondary N) is 2. The van der Waals surface area contributed by atoms with Crippen LogP contribution in [0.25, 0.3) is 0 Å². The van der Waals surface area contributed by atoms with Crippen LogP contribution in [-0.4, -0.2) is 17.5 Å². The fourth-order valence-electron chi connectivity index (χ4n) is 4.59. The summed E-state index contributed by atoms with van der Waals surface area (Å²) in [6.45, 7) is 6.91. The molecule has 2 atom stereocenters. The monoisotopic (exact) mass is 395 g/mol. The summed E-state index contributed by atoms with van der Waals surface area (Å²) in [5, 5.41) is 9.20. The average Bonchev–Trinajstić information content (AvgIpc) is 3.33. The highest BCUT2D eigenvalue weighted by molar-refractivity contribution is 7.12. The topological polar surface area (TPSA) is 70.6 Å². The van der Waals surface area contributed by atoms with Gasteiger partial charge in [-0.1, -0.05) is 26.8 Å². The zero-order chi connectivity index (χ0) is 19.9. The molecule has 0 spiro atoms. The zero-order valence-electron chi connectivity index (χ0n) is 16.4. The summed E-state index contributed by atoms with van der Waals surface area (Å²) < 4.78 is 0. The second kappa shape index (κ2) is 6.85. The molecule has 0 unspecified atom stereocenters. The number of thiophene rings is 1. The second-order valence-electron chi connectivity index (χ2n) is 8.50. The van der Waals surface area contributed by atoms with Gasteiger partial charge in [-0.15, -0.1) is 11.3 Å². The van der Waals surface area contributed by atoms with Crippen LogP contribution >= 0.6 is 11.3 Å². The quantitative estimate of drug-likeness (QED) is 0.721. The number of anilines is 1. The van der Waals surface area contributed by atoms with Crippen molar-refractivity contribution in [2.45, 2.75) is 40.0 Å². The van der Waals surface area contributed by atoms with Crippen molar-refractivity contribution in [3.63, 3.8) is 0 Å². The van der Waals surface area contributed by atoms with Gasteiger partial charge in [0.25, 0.3) is 11.8 Å². The van der Waals surface area contributed by atoms with Crippen LogP contribution < -0.4 is 10.7 Å². The SMILES string of the molecule is CC1(C)[C@H]2CC[C@@]1(C)/C(=N/NC(=O)c1ccc(NC(=O)c3cccs3)cc1)C2. The summed E-state index contributed by atoms with van der Waals surface area (Å²) >= 11 is 1.39. The van der Waals surface area contributed by atoms with Gasteiger partial charge in [-0.2, -0.15) is 5.10 Å². The molecule has 2 bridgehead atoms. The Hall–Kier alpha value is -2.47. The molecule has 2 aromatic rings. The van der Waals surface area contributed by atoms with E-state index in [1.807, 2.05) is 11.4 Å². The number of nitrogens with zero attached hydrogens (tertiary/aromatic N) is 1. The van der Waals surface area contributed by atoms with Gasteiger partial charge in [-0.05, 0) is 66.3 Å². The standard InChI is InChI=1S/C22H25N3O2S/c1-21(2)15-10-11-22(21,3)18(13-15)24-25-19(26)14-6-8-16(9-7-14)23-20(27)17-5-4-12-28-17/h4-9,12,15H,10-11,13H2,1-3H3,(H,23,27)(H,25,26)/b24-18+/t15-,22-/m0/s1. The van der Waals surface area contributed by atoms with Gasteiger partial charge in [0.2, 0.25) is 0 Å². The number of hydrazone groups is 1. The average molecular weight is 396 g/mol. The molecular weight excluding hydrogens is 370 g/mol. The van der Waals surface area contributed by atoms with Crippen LogP contribution in [0.3, 0.4) is 0 Å². The maximum atomic E-state index is 12.5. The van der Waals surface area contributed by atoms with E-state index in [9.17, 15) is 9.59 Å². The van der Waals surface area contributed by atoms with Crippen molar-refractivity contribution in [3.05, 3.63) is 52.2 Å². The van der Waals surface area contributed by atoms with Gasteiger partial charge in [0, 0.05) is 22.4 Å². The molecule has 2 aliphatic carbocycles. The normalized spacial score (nSPS) is 26.4. The molecular formula is C22H25N3O2S. The number of rotatable bonds is 4. The molecule has 4 rings (SSSR count). The lowest BCUT2D eigenvalue weighted by atomic mass is 9.70. The lowest BCUT2D eigenvalue weighted by Crippen LogP contribution is -2.34. The van der Waals surface area contributed by atoms with Crippen molar-refractivity contribution >= 4 is 34.6 Å². The Labute approximate surface area is 169 Å². The van der Waals surface area contributed by atoms with Crippen molar-refractivity contribution in [1.82, 2.24) is 5.43 Å². The van der Waals surface area contributed by atoms with Crippen molar-refractivity contribution in [2.24, 2.45) is 21.8 Å². The van der Waals surface area contributed by atoms with Gasteiger partial charge in [0.05, 0.1) is 4.88 Å². The largest absolute Gasteiger partial charge is 0.321 e. The number of hydrogen-bond donors (Lipinski definition) is 2. The van der Waals surface area contributed by atoms with Gasteiger partial charge in [-0.25, -0.2) is 5.43 Å². The molecule has 146 valence electrons. The van der Waals surface area contributed by atoms with Crippen molar-refractivity contribution in [3.8, 4) is 0 Å². The first-order valence-electron chi connectivity index (χ1n) is 9.63. The Morgan fingerprint density at radius 2 is 1.86 bits per heavy atom. The first-order valence-corrected chi connectivity index (χ1v) is 10.5. The first-order chi connectivity index (χ1) is 13.3. The lowest BCUT2D eigenvalue weighted by Gasteiger charge is -2.34. The van der Waals surface area contributed by atoms with E-state index in [1.165, 1.54) is 17.8 Å². The molecule has 2 amide bonds. The fourth-order valence-corrected chi connectivity index (χ4v) is 5.20. The number of carbonyl (C=O) groups excluding carboxylic acids is 2. The van der Waals surface area contributed by atoms with Crippen LogP contribution in [-0.2, 0) is 0 Å². The van der Waals surface area contributed by atoms with E-state index in [1.54, 1.807) is 30.3 Å². The Morgan fingerprint density at radius 3 is 2.43 bits per heavy atom. The van der Waals surface area contributed by atoms with Crippen LogP contribution in [0.15, 0.2) is 46.9 Å². The summed E-state index contributed by atoms with van der Waals surface area (Å²) in [5.74, 6) is 0.276. The van der Waals surface area contributed by atoms with Gasteiger partial charge in [0.15, 0.2) is 0 Å². The Bertz CT molecular complexity index is 931. The first kappa shape index (κ1) is 18.9. The molecule has 28 heavy (non-hydrogen) atoms. The van der Waals surface area contributed by atoms with Crippen LogP contribution in [0, 0.1) is 16.7 Å². The molecule has 1 aromatic heterocycles. The summed E-state index contributed by atoms with van der Waals surface area (Å²) in [6.07, 6.45) is 3.35. The number of fused-ring (bicyclic) bond motifs is 2. The Balaban J connectivity index is 1.40. The number of benzene rings is 1. The molecule has 0 aliphatic heterocycles. The Morgan fingerprint density at radius 1 is 1.11 bits per heavy atom. The lowest BCUT2D eigenvalue weighted by molar-refractivity contribution is 0.0953. The van der Waals surface area contributed by atoms with Gasteiger partial charge < -0.3 is 5.32 Å². The predicted molar refractivity (Wildman–Crippen MR) is 113 cm³/mol. The van der Waals surface area contributed by atoms with E-state index in [-0.39, 0.29) is 22.6 Å². The van der Waals surface area contributed by atoms with E-state index >= 15 is 0 Å². The second-order valence-corrected chi connectivity index (χ2v) is 9.45. The van der Waals surface area contributed by atoms with E-state index in [2.05, 4.69) is 36.6 Å². The summed E-state index contributed by atoms with van der Waals surface area (Å²) in [6, 6.07) is 10.5. The van der Waals surface area contributed by atoms with Crippen molar-refractivity contribution in [1.29, 1.82) is 0 Å². The smallest absolute Gasteiger partial charge is 0.271 e. The fraction of sp³-hybridized carbons (Fsp3) is 0.409. The molecule has 2 fully saturated rings. The van der Waals surface area contributed by atoms with Gasteiger partial charge in [0.1, 0.15) is 0 Å². The predicted octanol–water partition coefficient (Wildman–Crippen LogP) is 4.93. The summed E-state index contributed by atoms with van der Waals surface area (Å²) in [7, 11) is 0. The zero-order valence-corrected chi connectivity index (χ0v) is 17.2. The van der Waals surface area contributed by atoms with Gasteiger partial charge in [-0.3, -0.25) is 9.59 Å². The van der Waals surface area contributed by atoms with Crippen LogP contribution in [0.1, 0.15) is 60.1 Å². The van der Waals surface area contributed by atoms with Crippen LogP contribution in [0.4, 0.5) is 5.69 Å². The van der Waals surface area contributed by atoms with Crippen LogP contribution in [0.5, 0.6) is 0 Å². The molecule has 5 nitrogen and oxygen atoms in total. The highest BCUT2D eigenvalue weighted by Gasteiger charge is 2.60. The molecule has 2 aliphatic rings. The number of hydrogen-bond acceptors (Lipinski definition) is 4. The number of amides is 2. The van der Waals surface area contributed by atoms with Gasteiger partial charge >= 0.3 is 0 Å². The van der Waals surface area contributed by atoms with E-state index < -0.39 is 0 Å². The molecule has 0 radical (unpaired) electrons. The van der Waals surface area contributed by atoms with E-state index in [0.717, 1.165) is 18.6 Å². The van der Waals surface area contributed by atoms with Crippen molar-refractivity contribution < 1.29 is 9.59 Å². The minimum atomic E-state index is -0.229. The molecule has 1 heterocycles. The Kier molecular flexibility index (Phi) is 4.62. The molecule has 2 N–H and O–H groups in total. The summed E-state index contributed by atoms with van der Waals surface area (Å²) in [5.41, 5.74) is 5.33. The molecule has 6 heteroatoms. The third-order valence-electron chi connectivity index (χ3n) is 6.95.